The predicted molar refractivity (Wildman–Crippen MR) is 108 cm³/mol. The van der Waals surface area contributed by atoms with Crippen LogP contribution in [0.2, 0.25) is 5.02 Å². The van der Waals surface area contributed by atoms with Crippen molar-refractivity contribution in [2.75, 3.05) is 13.1 Å². The molecule has 0 bridgehead atoms. The van der Waals surface area contributed by atoms with E-state index in [4.69, 9.17) is 11.6 Å². The second kappa shape index (κ2) is 7.19. The molecule has 9 heteroatoms. The Kier molecular flexibility index (Phi) is 4.96. The van der Waals surface area contributed by atoms with Gasteiger partial charge in [0.15, 0.2) is 0 Å². The van der Waals surface area contributed by atoms with Gasteiger partial charge in [-0.25, -0.2) is 12.8 Å². The molecule has 6 nitrogen and oxygen atoms in total. The Labute approximate surface area is 173 Å². The van der Waals surface area contributed by atoms with E-state index < -0.39 is 21.5 Å². The highest BCUT2D eigenvalue weighted by molar-refractivity contribution is 7.89. The van der Waals surface area contributed by atoms with Crippen LogP contribution in [0.3, 0.4) is 0 Å². The first-order valence-electron chi connectivity index (χ1n) is 9.15. The normalized spacial score (nSPS) is 19.3. The smallest absolute Gasteiger partial charge is 0.272 e. The molecule has 1 spiro atoms. The summed E-state index contributed by atoms with van der Waals surface area (Å²) in [7, 11) is -3.81. The van der Waals surface area contributed by atoms with E-state index in [0.717, 1.165) is 23.3 Å². The molecule has 2 heterocycles. The molecule has 0 unspecified atom stereocenters. The highest BCUT2D eigenvalue weighted by Gasteiger charge is 2.44. The van der Waals surface area contributed by atoms with Crippen LogP contribution in [0, 0.1) is 12.7 Å². The van der Waals surface area contributed by atoms with E-state index >= 15 is 0 Å². The summed E-state index contributed by atoms with van der Waals surface area (Å²) in [5.41, 5.74) is 1.34. The Morgan fingerprint density at radius 1 is 1.17 bits per heavy atom. The molecule has 2 aliphatic heterocycles. The minimum Gasteiger partial charge on any atom is -0.326 e. The van der Waals surface area contributed by atoms with E-state index in [2.05, 4.69) is 10.3 Å². The van der Waals surface area contributed by atoms with Gasteiger partial charge in [-0.1, -0.05) is 35.4 Å². The average molecular weight is 436 g/mol. The summed E-state index contributed by atoms with van der Waals surface area (Å²) in [5.74, 6) is -0.924. The third kappa shape index (κ3) is 3.68. The third-order valence-corrected chi connectivity index (χ3v) is 7.44. The van der Waals surface area contributed by atoms with Crippen LogP contribution in [0.1, 0.15) is 24.0 Å². The highest BCUT2D eigenvalue weighted by Crippen LogP contribution is 2.32. The first-order chi connectivity index (χ1) is 13.7. The first kappa shape index (κ1) is 20.0. The fourth-order valence-corrected chi connectivity index (χ4v) is 5.38. The van der Waals surface area contributed by atoms with Gasteiger partial charge in [-0.05, 0) is 31.2 Å². The second-order valence-electron chi connectivity index (χ2n) is 7.30. The van der Waals surface area contributed by atoms with Crippen LogP contribution >= 0.6 is 11.6 Å². The lowest BCUT2D eigenvalue weighted by Gasteiger charge is -2.36. The highest BCUT2D eigenvalue weighted by atomic mass is 35.5. The molecule has 1 saturated heterocycles. The number of carbonyl (C=O) groups excluding carboxylic acids is 1. The van der Waals surface area contributed by atoms with Crippen molar-refractivity contribution >= 4 is 33.2 Å². The number of aryl methyl sites for hydroxylation is 1. The Morgan fingerprint density at radius 2 is 1.90 bits per heavy atom. The van der Waals surface area contributed by atoms with E-state index in [1.54, 1.807) is 0 Å². The van der Waals surface area contributed by atoms with E-state index in [9.17, 15) is 17.6 Å². The van der Waals surface area contributed by atoms with Crippen molar-refractivity contribution in [3.05, 3.63) is 64.4 Å². The molecule has 0 atom stereocenters. The Morgan fingerprint density at radius 3 is 2.55 bits per heavy atom. The summed E-state index contributed by atoms with van der Waals surface area (Å²) in [6.07, 6.45) is 0.699. The molecule has 0 aromatic heterocycles. The predicted octanol–water partition coefficient (Wildman–Crippen LogP) is 2.89. The fourth-order valence-electron chi connectivity index (χ4n) is 3.67. The molecule has 1 amide bonds. The Balaban J connectivity index is 1.54. The van der Waals surface area contributed by atoms with Crippen molar-refractivity contribution in [2.24, 2.45) is 4.99 Å². The van der Waals surface area contributed by atoms with E-state index in [1.165, 1.54) is 10.4 Å². The van der Waals surface area contributed by atoms with E-state index in [0.29, 0.717) is 18.6 Å². The number of halogens is 2. The maximum absolute atomic E-state index is 13.4. The van der Waals surface area contributed by atoms with Gasteiger partial charge in [-0.15, -0.1) is 0 Å². The van der Waals surface area contributed by atoms with Crippen molar-refractivity contribution < 1.29 is 17.6 Å². The zero-order valence-corrected chi connectivity index (χ0v) is 17.2. The second-order valence-corrected chi connectivity index (χ2v) is 9.64. The van der Waals surface area contributed by atoms with Crippen LogP contribution in [0.5, 0.6) is 0 Å². The van der Waals surface area contributed by atoms with Gasteiger partial charge in [0.2, 0.25) is 10.0 Å². The number of carbonyl (C=O) groups is 1. The number of rotatable bonds is 3. The fraction of sp³-hybridized carbons (Fsp3) is 0.300. The van der Waals surface area contributed by atoms with Crippen molar-refractivity contribution in [3.8, 4) is 0 Å². The number of hydrogen-bond acceptors (Lipinski definition) is 4. The van der Waals surface area contributed by atoms with Crippen LogP contribution in [-0.2, 0) is 14.8 Å². The van der Waals surface area contributed by atoms with Crippen LogP contribution in [0.4, 0.5) is 4.39 Å². The zero-order chi connectivity index (χ0) is 20.8. The molecule has 0 radical (unpaired) electrons. The van der Waals surface area contributed by atoms with Gasteiger partial charge in [-0.3, -0.25) is 9.79 Å². The molecular weight excluding hydrogens is 417 g/mol. The van der Waals surface area contributed by atoms with E-state index in [1.807, 2.05) is 31.2 Å². The minimum atomic E-state index is -3.81. The SMILES string of the molecule is Cc1cccc(C2=NC3(CCN(S(=O)(=O)c4ccc(F)c(Cl)c4)CC3)NC2=O)c1. The molecule has 0 aliphatic carbocycles. The molecular formula is C20H19ClFN3O3S. The summed E-state index contributed by atoms with van der Waals surface area (Å²) >= 11 is 5.74. The molecule has 4 rings (SSSR count). The number of nitrogens with zero attached hydrogens (tertiary/aromatic N) is 2. The minimum absolute atomic E-state index is 0.0562. The largest absolute Gasteiger partial charge is 0.326 e. The molecule has 0 saturated carbocycles. The van der Waals surface area contributed by atoms with Crippen molar-refractivity contribution in [1.29, 1.82) is 0 Å². The Bertz CT molecular complexity index is 1130. The number of piperidine rings is 1. The Hall–Kier alpha value is -2.29. The maximum Gasteiger partial charge on any atom is 0.272 e. The molecule has 1 N–H and O–H groups in total. The van der Waals surface area contributed by atoms with Gasteiger partial charge < -0.3 is 5.32 Å². The standard InChI is InChI=1S/C20H19ClFN3O3S/c1-13-3-2-4-14(11-13)18-19(26)24-20(23-18)7-9-25(10-8-20)29(27,28)15-5-6-17(22)16(21)12-15/h2-6,11-12H,7-10H2,1H3,(H,24,26). The lowest BCUT2D eigenvalue weighted by atomic mass is 10.00. The lowest BCUT2D eigenvalue weighted by molar-refractivity contribution is -0.115. The molecule has 2 aromatic carbocycles. The van der Waals surface area contributed by atoms with Gasteiger partial charge in [0.25, 0.3) is 5.91 Å². The average Bonchev–Trinajstić information content (AvgIpc) is 3.00. The number of benzene rings is 2. The summed E-state index contributed by atoms with van der Waals surface area (Å²) in [5, 5.41) is 2.69. The third-order valence-electron chi connectivity index (χ3n) is 5.26. The van der Waals surface area contributed by atoms with Crippen LogP contribution in [0.15, 0.2) is 52.4 Å². The van der Waals surface area contributed by atoms with Crippen LogP contribution in [-0.4, -0.2) is 43.1 Å². The van der Waals surface area contributed by atoms with Crippen molar-refractivity contribution in [1.82, 2.24) is 9.62 Å². The molecule has 2 aliphatic rings. The molecule has 29 heavy (non-hydrogen) atoms. The number of sulfonamides is 1. The summed E-state index contributed by atoms with van der Waals surface area (Å²) in [4.78, 5) is 17.1. The lowest BCUT2D eigenvalue weighted by Crippen LogP contribution is -2.52. The summed E-state index contributed by atoms with van der Waals surface area (Å²) in [6, 6.07) is 10.9. The molecule has 1 fully saturated rings. The molecule has 152 valence electrons. The molecule has 2 aromatic rings. The number of amides is 1. The van der Waals surface area contributed by atoms with Gasteiger partial charge in [0.1, 0.15) is 17.2 Å². The summed E-state index contributed by atoms with van der Waals surface area (Å²) < 4.78 is 40.4. The van der Waals surface area contributed by atoms with Gasteiger partial charge in [0, 0.05) is 31.5 Å². The summed E-state index contributed by atoms with van der Waals surface area (Å²) in [6.45, 7) is 2.31. The van der Waals surface area contributed by atoms with E-state index in [-0.39, 0.29) is 28.9 Å². The quantitative estimate of drug-likeness (QED) is 0.805. The number of aliphatic imine (C=N–C) groups is 1. The maximum atomic E-state index is 13.4. The number of hydrogen-bond donors (Lipinski definition) is 1. The van der Waals surface area contributed by atoms with Crippen LogP contribution < -0.4 is 5.32 Å². The van der Waals surface area contributed by atoms with Crippen molar-refractivity contribution in [2.45, 2.75) is 30.3 Å². The van der Waals surface area contributed by atoms with Gasteiger partial charge >= 0.3 is 0 Å². The van der Waals surface area contributed by atoms with Gasteiger partial charge in [-0.2, -0.15) is 4.31 Å². The van der Waals surface area contributed by atoms with Crippen molar-refractivity contribution in [3.63, 3.8) is 0 Å². The topological polar surface area (TPSA) is 78.8 Å². The van der Waals surface area contributed by atoms with Crippen LogP contribution in [0.25, 0.3) is 0 Å². The zero-order valence-electron chi connectivity index (χ0n) is 15.7. The monoisotopic (exact) mass is 435 g/mol. The number of nitrogens with one attached hydrogen (secondary N) is 1. The first-order valence-corrected chi connectivity index (χ1v) is 11.0. The van der Waals surface area contributed by atoms with Gasteiger partial charge in [0.05, 0.1) is 9.92 Å².